The molecule has 1 heterocycles. The van der Waals surface area contributed by atoms with Gasteiger partial charge in [0.05, 0.1) is 12.4 Å². The minimum absolute atomic E-state index is 0. The summed E-state index contributed by atoms with van der Waals surface area (Å²) in [6, 6.07) is 13.5. The number of nitrogens with zero attached hydrogens (tertiary/aromatic N) is 1. The third kappa shape index (κ3) is 7.57. The Hall–Kier alpha value is -2.38. The molecular weight excluding hydrogens is 486 g/mol. The van der Waals surface area contributed by atoms with Crippen LogP contribution in [0.3, 0.4) is 0 Å². The molecule has 37 heavy (non-hydrogen) atoms. The average molecular weight is 532 g/mol. The maximum absolute atomic E-state index is 13.5. The number of rotatable bonds is 10. The van der Waals surface area contributed by atoms with Gasteiger partial charge in [0.25, 0.3) is 0 Å². The zero-order valence-electron chi connectivity index (χ0n) is 22.5. The number of carbonyl (C=O) groups excluding carboxylic acids is 1. The van der Waals surface area contributed by atoms with Crippen molar-refractivity contribution < 1.29 is 22.7 Å². The molecule has 1 saturated heterocycles. The number of esters is 1. The van der Waals surface area contributed by atoms with E-state index in [1.165, 1.54) is 9.87 Å². The molecule has 2 unspecified atom stereocenters. The maximum atomic E-state index is 13.5. The summed E-state index contributed by atoms with van der Waals surface area (Å²) in [6.45, 7) is 9.94. The molecular formula is C30H45NO5S. The number of hydrogen-bond donors (Lipinski definition) is 0. The Balaban J connectivity index is 0.00000481. The number of carbonyl (C=O) groups is 1. The fourth-order valence-corrected chi connectivity index (χ4v) is 6.14. The number of benzene rings is 2. The Kier molecular flexibility index (Phi) is 11.2. The van der Waals surface area contributed by atoms with Crippen molar-refractivity contribution in [2.45, 2.75) is 97.5 Å². The van der Waals surface area contributed by atoms with Crippen LogP contribution in [0.2, 0.25) is 0 Å². The fourth-order valence-electron chi connectivity index (χ4n) is 4.66. The standard InChI is InChI=1S/C29H41NO5S.CH4/c1-20(2)24-10-9-11-25(19-24)27(16-15-23-14-13-22(5)28(18-23)34-6)35-29(31)26-12-7-8-17-30(26)36(32,33)21(3)4;/h9-11,13-14,18-21,26-27H,7-8,12,15-17H2,1-6H3;1H4. The van der Waals surface area contributed by atoms with Gasteiger partial charge in [-0.25, -0.2) is 8.42 Å². The Bertz CT molecular complexity index is 1140. The van der Waals surface area contributed by atoms with Gasteiger partial charge >= 0.3 is 5.97 Å². The van der Waals surface area contributed by atoms with E-state index in [9.17, 15) is 13.2 Å². The summed E-state index contributed by atoms with van der Waals surface area (Å²) >= 11 is 0. The van der Waals surface area contributed by atoms with Gasteiger partial charge in [-0.05, 0) is 87.1 Å². The molecule has 206 valence electrons. The van der Waals surface area contributed by atoms with Crippen LogP contribution in [-0.4, -0.2) is 43.6 Å². The predicted octanol–water partition coefficient (Wildman–Crippen LogP) is 6.57. The number of ether oxygens (including phenoxy) is 2. The zero-order valence-corrected chi connectivity index (χ0v) is 23.3. The van der Waals surface area contributed by atoms with Crippen LogP contribution in [0.5, 0.6) is 5.75 Å². The van der Waals surface area contributed by atoms with E-state index in [0.717, 1.165) is 35.3 Å². The summed E-state index contributed by atoms with van der Waals surface area (Å²) in [6.07, 6.45) is 2.85. The smallest absolute Gasteiger partial charge is 0.325 e. The average Bonchev–Trinajstić information content (AvgIpc) is 2.87. The first-order chi connectivity index (χ1) is 17.0. The van der Waals surface area contributed by atoms with Crippen LogP contribution < -0.4 is 4.74 Å². The van der Waals surface area contributed by atoms with Gasteiger partial charge in [0.2, 0.25) is 10.0 Å². The lowest BCUT2D eigenvalue weighted by atomic mass is 9.95. The SMILES string of the molecule is C.COc1cc(CCC(OC(=O)C2CCCCN2S(=O)(=O)C(C)C)c2cccc(C(C)C)c2)ccc1C. The largest absolute Gasteiger partial charge is 0.496 e. The highest BCUT2D eigenvalue weighted by Gasteiger charge is 2.39. The highest BCUT2D eigenvalue weighted by molar-refractivity contribution is 7.89. The summed E-state index contributed by atoms with van der Waals surface area (Å²) in [7, 11) is -1.90. The third-order valence-corrected chi connectivity index (χ3v) is 9.31. The van der Waals surface area contributed by atoms with Crippen LogP contribution in [0, 0.1) is 6.92 Å². The molecule has 1 aliphatic rings. The number of hydrogen-bond acceptors (Lipinski definition) is 5. The quantitative estimate of drug-likeness (QED) is 0.324. The van der Waals surface area contributed by atoms with Crippen LogP contribution in [-0.2, 0) is 26.0 Å². The van der Waals surface area contributed by atoms with Crippen molar-refractivity contribution in [1.82, 2.24) is 4.31 Å². The third-order valence-electron chi connectivity index (χ3n) is 7.02. The number of methoxy groups -OCH3 is 1. The lowest BCUT2D eigenvalue weighted by molar-refractivity contribution is -0.155. The van der Waals surface area contributed by atoms with Gasteiger partial charge in [-0.3, -0.25) is 4.79 Å². The van der Waals surface area contributed by atoms with E-state index in [1.807, 2.05) is 31.2 Å². The van der Waals surface area contributed by atoms with Gasteiger partial charge < -0.3 is 9.47 Å². The lowest BCUT2D eigenvalue weighted by Gasteiger charge is -2.35. The minimum atomic E-state index is -3.56. The van der Waals surface area contributed by atoms with Crippen LogP contribution in [0.15, 0.2) is 42.5 Å². The molecule has 6 nitrogen and oxygen atoms in total. The van der Waals surface area contributed by atoms with E-state index in [-0.39, 0.29) is 7.43 Å². The molecule has 1 fully saturated rings. The highest BCUT2D eigenvalue weighted by Crippen LogP contribution is 2.31. The zero-order chi connectivity index (χ0) is 26.5. The lowest BCUT2D eigenvalue weighted by Crippen LogP contribution is -2.50. The van der Waals surface area contributed by atoms with Crippen LogP contribution in [0.4, 0.5) is 0 Å². The fraction of sp³-hybridized carbons (Fsp3) is 0.567. The summed E-state index contributed by atoms with van der Waals surface area (Å²) in [5, 5.41) is -0.582. The van der Waals surface area contributed by atoms with Crippen molar-refractivity contribution in [2.75, 3.05) is 13.7 Å². The summed E-state index contributed by atoms with van der Waals surface area (Å²) in [4.78, 5) is 13.5. The monoisotopic (exact) mass is 531 g/mol. The second-order valence-corrected chi connectivity index (χ2v) is 12.8. The Morgan fingerprint density at radius 3 is 2.41 bits per heavy atom. The first-order valence-corrected chi connectivity index (χ1v) is 14.5. The molecule has 0 N–H and O–H groups in total. The molecule has 3 rings (SSSR count). The van der Waals surface area contributed by atoms with Gasteiger partial charge in [0.1, 0.15) is 17.9 Å². The molecule has 0 aliphatic carbocycles. The van der Waals surface area contributed by atoms with Crippen LogP contribution in [0.1, 0.15) is 95.1 Å². The van der Waals surface area contributed by atoms with Gasteiger partial charge in [-0.2, -0.15) is 4.31 Å². The molecule has 2 atom stereocenters. The van der Waals surface area contributed by atoms with E-state index < -0.39 is 33.4 Å². The van der Waals surface area contributed by atoms with Gasteiger partial charge in [-0.15, -0.1) is 0 Å². The Labute approximate surface area is 224 Å². The minimum Gasteiger partial charge on any atom is -0.496 e. The van der Waals surface area contributed by atoms with Crippen LogP contribution in [0.25, 0.3) is 0 Å². The number of sulfonamides is 1. The molecule has 0 amide bonds. The summed E-state index contributed by atoms with van der Waals surface area (Å²) in [5.74, 6) is 0.715. The van der Waals surface area contributed by atoms with Gasteiger partial charge in [-0.1, -0.05) is 57.7 Å². The van der Waals surface area contributed by atoms with E-state index in [2.05, 4.69) is 32.0 Å². The molecule has 2 aromatic rings. The molecule has 0 aromatic heterocycles. The van der Waals surface area contributed by atoms with Crippen LogP contribution >= 0.6 is 0 Å². The van der Waals surface area contributed by atoms with Crippen molar-refractivity contribution in [3.05, 3.63) is 64.7 Å². The normalized spacial score (nSPS) is 17.4. The maximum Gasteiger partial charge on any atom is 0.325 e. The van der Waals surface area contributed by atoms with E-state index in [1.54, 1.807) is 21.0 Å². The van der Waals surface area contributed by atoms with E-state index in [0.29, 0.717) is 31.7 Å². The molecule has 1 aliphatic heterocycles. The predicted molar refractivity (Wildman–Crippen MR) is 151 cm³/mol. The Morgan fingerprint density at radius 2 is 1.76 bits per heavy atom. The molecule has 0 bridgehead atoms. The summed E-state index contributed by atoms with van der Waals surface area (Å²) < 4.78 is 39.0. The molecule has 2 aromatic carbocycles. The topological polar surface area (TPSA) is 72.9 Å². The first-order valence-electron chi connectivity index (χ1n) is 13.0. The number of aryl methyl sites for hydroxylation is 2. The Morgan fingerprint density at radius 1 is 1.05 bits per heavy atom. The molecule has 0 spiro atoms. The number of piperidine rings is 1. The first kappa shape index (κ1) is 30.8. The second-order valence-electron chi connectivity index (χ2n) is 10.3. The van der Waals surface area contributed by atoms with Crippen molar-refractivity contribution in [3.8, 4) is 5.75 Å². The van der Waals surface area contributed by atoms with Gasteiger partial charge in [0, 0.05) is 6.54 Å². The van der Waals surface area contributed by atoms with Crippen molar-refractivity contribution in [3.63, 3.8) is 0 Å². The van der Waals surface area contributed by atoms with E-state index in [4.69, 9.17) is 9.47 Å². The van der Waals surface area contributed by atoms with Crippen molar-refractivity contribution in [1.29, 1.82) is 0 Å². The van der Waals surface area contributed by atoms with Crippen molar-refractivity contribution >= 4 is 16.0 Å². The summed E-state index contributed by atoms with van der Waals surface area (Å²) in [5.41, 5.74) is 4.27. The highest BCUT2D eigenvalue weighted by atomic mass is 32.2. The van der Waals surface area contributed by atoms with E-state index >= 15 is 0 Å². The van der Waals surface area contributed by atoms with Gasteiger partial charge in [0.15, 0.2) is 0 Å². The second kappa shape index (κ2) is 13.4. The van der Waals surface area contributed by atoms with Crippen molar-refractivity contribution in [2.24, 2.45) is 0 Å². The molecule has 0 saturated carbocycles. The molecule has 7 heteroatoms. The molecule has 0 radical (unpaired) electrons.